The van der Waals surface area contributed by atoms with E-state index in [0.29, 0.717) is 42.6 Å². The number of aromatic nitrogens is 1. The number of amides is 1. The number of pyridine rings is 1. The van der Waals surface area contributed by atoms with Gasteiger partial charge in [0.05, 0.1) is 18.5 Å². The van der Waals surface area contributed by atoms with E-state index in [1.165, 1.54) is 0 Å². The number of ether oxygens (including phenoxy) is 2. The van der Waals surface area contributed by atoms with Crippen LogP contribution >= 0.6 is 11.6 Å². The van der Waals surface area contributed by atoms with Crippen molar-refractivity contribution in [2.75, 3.05) is 25.6 Å². The Labute approximate surface area is 140 Å². The number of nitrogens with zero attached hydrogens (tertiary/aromatic N) is 1. The molecule has 0 saturated heterocycles. The fourth-order valence-corrected chi connectivity index (χ4v) is 2.03. The second-order valence-electron chi connectivity index (χ2n) is 4.90. The van der Waals surface area contributed by atoms with E-state index in [0.717, 1.165) is 5.56 Å². The molecule has 1 heterocycles. The molecule has 0 bridgehead atoms. The van der Waals surface area contributed by atoms with Crippen LogP contribution in [0, 0.1) is 0 Å². The molecule has 1 aromatic heterocycles. The number of carbonyl (C=O) groups excluding carboxylic acids is 1. The van der Waals surface area contributed by atoms with Gasteiger partial charge in [-0.1, -0.05) is 23.7 Å². The lowest BCUT2D eigenvalue weighted by molar-refractivity contribution is -0.116. The number of nitrogens with one attached hydrogen (secondary N) is 1. The highest BCUT2D eigenvalue weighted by atomic mass is 35.5. The van der Waals surface area contributed by atoms with Crippen LogP contribution in [0.25, 0.3) is 0 Å². The Bertz CT molecular complexity index is 615. The number of hydrogen-bond acceptors (Lipinski definition) is 4. The first-order chi connectivity index (χ1) is 11.2. The lowest BCUT2D eigenvalue weighted by Crippen LogP contribution is -2.12. The first kappa shape index (κ1) is 17.2. The van der Waals surface area contributed by atoms with Crippen LogP contribution in [-0.2, 0) is 16.0 Å². The van der Waals surface area contributed by atoms with Gasteiger partial charge in [0.1, 0.15) is 6.61 Å². The van der Waals surface area contributed by atoms with Gasteiger partial charge in [-0.2, -0.15) is 0 Å². The summed E-state index contributed by atoms with van der Waals surface area (Å²) in [6, 6.07) is 11.0. The number of benzene rings is 1. The average molecular weight is 335 g/mol. The molecule has 0 atom stereocenters. The maximum atomic E-state index is 11.9. The second-order valence-corrected chi connectivity index (χ2v) is 5.34. The number of hydrogen-bond donors (Lipinski definition) is 1. The molecule has 0 fully saturated rings. The molecular formula is C17H19ClN2O3. The van der Waals surface area contributed by atoms with E-state index in [2.05, 4.69) is 10.3 Å². The third-order valence-electron chi connectivity index (χ3n) is 3.11. The summed E-state index contributed by atoms with van der Waals surface area (Å²) in [5.41, 5.74) is 1.72. The van der Waals surface area contributed by atoms with Crippen molar-refractivity contribution in [2.24, 2.45) is 0 Å². The summed E-state index contributed by atoms with van der Waals surface area (Å²) in [6.45, 7) is 0.946. The molecular weight excluding hydrogens is 316 g/mol. The summed E-state index contributed by atoms with van der Waals surface area (Å²) in [6.07, 6.45) is 2.63. The van der Waals surface area contributed by atoms with E-state index in [-0.39, 0.29) is 5.91 Å². The van der Waals surface area contributed by atoms with Crippen molar-refractivity contribution >= 4 is 23.2 Å². The predicted molar refractivity (Wildman–Crippen MR) is 90.0 cm³/mol. The highest BCUT2D eigenvalue weighted by Gasteiger charge is 2.04. The Morgan fingerprint density at radius 1 is 1.17 bits per heavy atom. The smallest absolute Gasteiger partial charge is 0.224 e. The zero-order valence-electron chi connectivity index (χ0n) is 12.9. The van der Waals surface area contributed by atoms with Crippen LogP contribution in [-0.4, -0.2) is 31.2 Å². The topological polar surface area (TPSA) is 60.5 Å². The molecule has 0 aliphatic rings. The maximum Gasteiger partial charge on any atom is 0.224 e. The fourth-order valence-electron chi connectivity index (χ4n) is 1.90. The largest absolute Gasteiger partial charge is 0.475 e. The highest BCUT2D eigenvalue weighted by Crippen LogP contribution is 2.13. The van der Waals surface area contributed by atoms with Crippen LogP contribution in [0.3, 0.4) is 0 Å². The summed E-state index contributed by atoms with van der Waals surface area (Å²) in [4.78, 5) is 16.1. The van der Waals surface area contributed by atoms with Gasteiger partial charge in [-0.3, -0.25) is 4.79 Å². The van der Waals surface area contributed by atoms with E-state index < -0.39 is 0 Å². The molecule has 0 aliphatic heterocycles. The van der Waals surface area contributed by atoms with Crippen molar-refractivity contribution in [3.05, 3.63) is 53.2 Å². The average Bonchev–Trinajstić information content (AvgIpc) is 2.56. The minimum absolute atomic E-state index is 0.0604. The molecule has 122 valence electrons. The van der Waals surface area contributed by atoms with Crippen LogP contribution in [0.1, 0.15) is 12.0 Å². The predicted octanol–water partition coefficient (Wildman–Crippen LogP) is 3.33. The zero-order chi connectivity index (χ0) is 16.5. The van der Waals surface area contributed by atoms with Gasteiger partial charge in [0.25, 0.3) is 0 Å². The van der Waals surface area contributed by atoms with Gasteiger partial charge in [-0.05, 0) is 30.2 Å². The normalized spacial score (nSPS) is 10.3. The molecule has 2 rings (SSSR count). The molecule has 1 N–H and O–H groups in total. The Hall–Kier alpha value is -2.11. The van der Waals surface area contributed by atoms with E-state index in [1.807, 2.05) is 24.3 Å². The number of anilines is 1. The molecule has 23 heavy (non-hydrogen) atoms. The summed E-state index contributed by atoms with van der Waals surface area (Å²) in [5.74, 6) is 0.441. The summed E-state index contributed by atoms with van der Waals surface area (Å²) in [7, 11) is 1.61. The Balaban J connectivity index is 1.77. The third kappa shape index (κ3) is 6.26. The summed E-state index contributed by atoms with van der Waals surface area (Å²) >= 11 is 5.83. The van der Waals surface area contributed by atoms with E-state index in [4.69, 9.17) is 21.1 Å². The molecule has 1 amide bonds. The van der Waals surface area contributed by atoms with Gasteiger partial charge in [0.2, 0.25) is 11.8 Å². The number of rotatable bonds is 8. The Morgan fingerprint density at radius 2 is 1.96 bits per heavy atom. The number of aryl methyl sites for hydroxylation is 1. The Morgan fingerprint density at radius 3 is 2.61 bits per heavy atom. The lowest BCUT2D eigenvalue weighted by atomic mass is 10.1. The van der Waals surface area contributed by atoms with Gasteiger partial charge in [0.15, 0.2) is 0 Å². The number of carbonyl (C=O) groups is 1. The molecule has 1 aromatic carbocycles. The highest BCUT2D eigenvalue weighted by molar-refractivity contribution is 6.30. The molecule has 6 heteroatoms. The Kier molecular flexibility index (Phi) is 6.84. The second kappa shape index (κ2) is 9.12. The van der Waals surface area contributed by atoms with E-state index in [1.54, 1.807) is 25.4 Å². The van der Waals surface area contributed by atoms with Gasteiger partial charge < -0.3 is 14.8 Å². The van der Waals surface area contributed by atoms with E-state index in [9.17, 15) is 4.79 Å². The molecule has 0 radical (unpaired) electrons. The van der Waals surface area contributed by atoms with Gasteiger partial charge >= 0.3 is 0 Å². The van der Waals surface area contributed by atoms with Crippen LogP contribution in [0.15, 0.2) is 42.6 Å². The molecule has 0 saturated carbocycles. The standard InChI is InChI=1S/C17H19ClN2O3/c1-22-10-11-23-17-9-7-15(12-19-17)20-16(21)8-4-13-2-5-14(18)6-3-13/h2-3,5-7,9,12H,4,8,10-11H2,1H3,(H,20,21). The molecule has 5 nitrogen and oxygen atoms in total. The monoisotopic (exact) mass is 334 g/mol. The molecule has 2 aromatic rings. The minimum Gasteiger partial charge on any atom is -0.475 e. The molecule has 0 aliphatic carbocycles. The molecule has 0 spiro atoms. The fraction of sp³-hybridized carbons (Fsp3) is 0.294. The summed E-state index contributed by atoms with van der Waals surface area (Å²) in [5, 5.41) is 3.50. The van der Waals surface area contributed by atoms with Crippen LogP contribution < -0.4 is 10.1 Å². The summed E-state index contributed by atoms with van der Waals surface area (Å²) < 4.78 is 10.3. The first-order valence-corrected chi connectivity index (χ1v) is 7.67. The van der Waals surface area contributed by atoms with Crippen molar-refractivity contribution in [3.8, 4) is 5.88 Å². The number of halogens is 1. The molecule has 0 unspecified atom stereocenters. The first-order valence-electron chi connectivity index (χ1n) is 7.29. The third-order valence-corrected chi connectivity index (χ3v) is 3.36. The van der Waals surface area contributed by atoms with Crippen molar-refractivity contribution in [1.29, 1.82) is 0 Å². The lowest BCUT2D eigenvalue weighted by Gasteiger charge is -2.07. The quantitative estimate of drug-likeness (QED) is 0.752. The van der Waals surface area contributed by atoms with Gasteiger partial charge in [-0.15, -0.1) is 0 Å². The van der Waals surface area contributed by atoms with Crippen LogP contribution in [0.5, 0.6) is 5.88 Å². The van der Waals surface area contributed by atoms with Crippen molar-refractivity contribution in [1.82, 2.24) is 4.98 Å². The van der Waals surface area contributed by atoms with Crippen molar-refractivity contribution < 1.29 is 14.3 Å². The van der Waals surface area contributed by atoms with Gasteiger partial charge in [0, 0.05) is 24.6 Å². The minimum atomic E-state index is -0.0604. The SMILES string of the molecule is COCCOc1ccc(NC(=O)CCc2ccc(Cl)cc2)cn1. The zero-order valence-corrected chi connectivity index (χ0v) is 13.7. The number of methoxy groups -OCH3 is 1. The van der Waals surface area contributed by atoms with Gasteiger partial charge in [-0.25, -0.2) is 4.98 Å². The van der Waals surface area contributed by atoms with Crippen LogP contribution in [0.2, 0.25) is 5.02 Å². The van der Waals surface area contributed by atoms with Crippen molar-refractivity contribution in [2.45, 2.75) is 12.8 Å². The van der Waals surface area contributed by atoms with Crippen LogP contribution in [0.4, 0.5) is 5.69 Å². The van der Waals surface area contributed by atoms with E-state index >= 15 is 0 Å². The maximum absolute atomic E-state index is 11.9. The van der Waals surface area contributed by atoms with Crippen molar-refractivity contribution in [3.63, 3.8) is 0 Å².